The molecule has 1 aromatic carbocycles. The number of rotatable bonds is 2. The second-order valence-corrected chi connectivity index (χ2v) is 2.93. The maximum Gasteiger partial charge on any atom is 0.138 e. The third-order valence-electron chi connectivity index (χ3n) is 1.76. The van der Waals surface area contributed by atoms with Crippen molar-refractivity contribution in [1.82, 2.24) is 5.32 Å². The largest absolute Gasteiger partial charge is 0.506 e. The summed E-state index contributed by atoms with van der Waals surface area (Å²) in [6.07, 6.45) is 0.803. The molecule has 3 nitrogen and oxygen atoms in total. The Balaban J connectivity index is 2.66. The molecule has 74 valence electrons. The smallest absolute Gasteiger partial charge is 0.138 e. The highest BCUT2D eigenvalue weighted by molar-refractivity contribution is 5.56. The normalized spacial score (nSPS) is 9.21. The Hall–Kier alpha value is -1.66. The summed E-state index contributed by atoms with van der Waals surface area (Å²) in [6, 6.07) is 4.97. The van der Waals surface area contributed by atoms with E-state index in [0.717, 1.165) is 18.5 Å². The highest BCUT2D eigenvalue weighted by Gasteiger charge is 1.95. The van der Waals surface area contributed by atoms with Crippen LogP contribution in [0.1, 0.15) is 12.0 Å². The van der Waals surface area contributed by atoms with Crippen molar-refractivity contribution < 1.29 is 5.11 Å². The molecule has 14 heavy (non-hydrogen) atoms. The van der Waals surface area contributed by atoms with Crippen molar-refractivity contribution in [3.05, 3.63) is 23.8 Å². The number of phenols is 1. The van der Waals surface area contributed by atoms with Gasteiger partial charge >= 0.3 is 0 Å². The van der Waals surface area contributed by atoms with Crippen molar-refractivity contribution in [1.29, 1.82) is 0 Å². The molecule has 0 fully saturated rings. The van der Waals surface area contributed by atoms with Gasteiger partial charge in [0.05, 0.1) is 5.69 Å². The van der Waals surface area contributed by atoms with Crippen LogP contribution >= 0.6 is 0 Å². The monoisotopic (exact) mass is 190 g/mol. The van der Waals surface area contributed by atoms with Gasteiger partial charge in [0.25, 0.3) is 0 Å². The molecular formula is C11H14N2O. The van der Waals surface area contributed by atoms with Crippen molar-refractivity contribution >= 4 is 5.69 Å². The number of benzene rings is 1. The summed E-state index contributed by atoms with van der Waals surface area (Å²) in [4.78, 5) is 0. The van der Waals surface area contributed by atoms with Gasteiger partial charge in [-0.15, -0.1) is 0 Å². The fourth-order valence-electron chi connectivity index (χ4n) is 0.984. The van der Waals surface area contributed by atoms with E-state index in [4.69, 9.17) is 5.73 Å². The van der Waals surface area contributed by atoms with Gasteiger partial charge in [-0.05, 0) is 25.2 Å². The van der Waals surface area contributed by atoms with Crippen LogP contribution in [0.3, 0.4) is 0 Å². The Morgan fingerprint density at radius 1 is 1.50 bits per heavy atom. The number of hydrogen-bond acceptors (Lipinski definition) is 3. The summed E-state index contributed by atoms with van der Waals surface area (Å²) in [6.45, 7) is 0.876. The molecule has 0 saturated heterocycles. The molecule has 0 aliphatic rings. The number of hydrogen-bond donors (Lipinski definition) is 3. The second-order valence-electron chi connectivity index (χ2n) is 2.93. The molecule has 0 heterocycles. The summed E-state index contributed by atoms with van der Waals surface area (Å²) in [5, 5.41) is 12.2. The Labute approximate surface area is 83.9 Å². The lowest BCUT2D eigenvalue weighted by atomic mass is 10.2. The summed E-state index contributed by atoms with van der Waals surface area (Å²) < 4.78 is 0. The Morgan fingerprint density at radius 2 is 2.29 bits per heavy atom. The SMILES string of the molecule is CNCCC#Cc1ccc(O)c(N)c1. The predicted molar refractivity (Wildman–Crippen MR) is 57.9 cm³/mol. The summed E-state index contributed by atoms with van der Waals surface area (Å²) in [5.74, 6) is 6.07. The zero-order chi connectivity index (χ0) is 10.4. The molecule has 1 rings (SSSR count). The van der Waals surface area contributed by atoms with E-state index < -0.39 is 0 Å². The minimum Gasteiger partial charge on any atom is -0.506 e. The van der Waals surface area contributed by atoms with Crippen molar-refractivity contribution in [2.75, 3.05) is 19.3 Å². The van der Waals surface area contributed by atoms with Crippen molar-refractivity contribution in [3.63, 3.8) is 0 Å². The average molecular weight is 190 g/mol. The minimum absolute atomic E-state index is 0.103. The second kappa shape index (κ2) is 5.15. The zero-order valence-corrected chi connectivity index (χ0v) is 8.17. The highest BCUT2D eigenvalue weighted by Crippen LogP contribution is 2.19. The van der Waals surface area contributed by atoms with E-state index in [1.807, 2.05) is 7.05 Å². The number of nitrogens with two attached hydrogens (primary N) is 1. The first-order valence-corrected chi connectivity index (χ1v) is 4.46. The molecule has 1 aromatic rings. The van der Waals surface area contributed by atoms with Gasteiger partial charge in [0.1, 0.15) is 5.75 Å². The summed E-state index contributed by atoms with van der Waals surface area (Å²) >= 11 is 0. The average Bonchev–Trinajstić information content (AvgIpc) is 2.18. The van der Waals surface area contributed by atoms with Gasteiger partial charge in [-0.1, -0.05) is 11.8 Å². The molecule has 4 N–H and O–H groups in total. The zero-order valence-electron chi connectivity index (χ0n) is 8.17. The van der Waals surface area contributed by atoms with Crippen molar-refractivity contribution in [3.8, 4) is 17.6 Å². The maximum atomic E-state index is 9.17. The van der Waals surface area contributed by atoms with E-state index >= 15 is 0 Å². The van der Waals surface area contributed by atoms with Crippen LogP contribution in [-0.4, -0.2) is 18.7 Å². The Kier molecular flexibility index (Phi) is 3.84. The number of phenolic OH excluding ortho intramolecular Hbond substituents is 1. The van der Waals surface area contributed by atoms with Gasteiger partial charge in [-0.25, -0.2) is 0 Å². The van der Waals surface area contributed by atoms with Crippen LogP contribution in [0, 0.1) is 11.8 Å². The first-order chi connectivity index (χ1) is 6.74. The molecule has 0 aromatic heterocycles. The summed E-state index contributed by atoms with van der Waals surface area (Å²) in [7, 11) is 1.89. The molecule has 0 bridgehead atoms. The van der Waals surface area contributed by atoms with E-state index in [-0.39, 0.29) is 5.75 Å². The first kappa shape index (κ1) is 10.4. The molecule has 0 saturated carbocycles. The maximum absolute atomic E-state index is 9.17. The van der Waals surface area contributed by atoms with Crippen LogP contribution in [0.5, 0.6) is 5.75 Å². The number of anilines is 1. The minimum atomic E-state index is 0.103. The van der Waals surface area contributed by atoms with E-state index in [1.165, 1.54) is 0 Å². The van der Waals surface area contributed by atoms with Crippen LogP contribution in [0.15, 0.2) is 18.2 Å². The third-order valence-corrected chi connectivity index (χ3v) is 1.76. The van der Waals surface area contributed by atoms with Gasteiger partial charge in [-0.2, -0.15) is 0 Å². The van der Waals surface area contributed by atoms with E-state index in [1.54, 1.807) is 18.2 Å². The molecule has 0 amide bonds. The lowest BCUT2D eigenvalue weighted by Gasteiger charge is -1.97. The fourth-order valence-corrected chi connectivity index (χ4v) is 0.984. The molecule has 0 aliphatic carbocycles. The first-order valence-electron chi connectivity index (χ1n) is 4.46. The van der Waals surface area contributed by atoms with Crippen molar-refractivity contribution in [2.24, 2.45) is 0 Å². The highest BCUT2D eigenvalue weighted by atomic mass is 16.3. The third kappa shape index (κ3) is 3.00. The lowest BCUT2D eigenvalue weighted by Crippen LogP contribution is -2.05. The van der Waals surface area contributed by atoms with Crippen LogP contribution in [-0.2, 0) is 0 Å². The fraction of sp³-hybridized carbons (Fsp3) is 0.273. The van der Waals surface area contributed by atoms with Gasteiger partial charge in [0, 0.05) is 18.5 Å². The van der Waals surface area contributed by atoms with E-state index in [9.17, 15) is 5.11 Å². The molecular weight excluding hydrogens is 176 g/mol. The van der Waals surface area contributed by atoms with Crippen LogP contribution in [0.2, 0.25) is 0 Å². The van der Waals surface area contributed by atoms with Gasteiger partial charge in [0.2, 0.25) is 0 Å². The lowest BCUT2D eigenvalue weighted by molar-refractivity contribution is 0.478. The number of nitrogens with one attached hydrogen (secondary N) is 1. The molecule has 0 unspecified atom stereocenters. The standard InChI is InChI=1S/C11H14N2O/c1-13-7-3-2-4-9-5-6-11(14)10(12)8-9/h5-6,8,13-14H,3,7,12H2,1H3. The van der Waals surface area contributed by atoms with Gasteiger partial charge in [0.15, 0.2) is 0 Å². The molecule has 0 aliphatic heterocycles. The Bertz CT molecular complexity index is 363. The molecule has 3 heteroatoms. The quantitative estimate of drug-likeness (QED) is 0.281. The number of aromatic hydroxyl groups is 1. The van der Waals surface area contributed by atoms with Gasteiger partial charge < -0.3 is 16.2 Å². The van der Waals surface area contributed by atoms with Crippen LogP contribution < -0.4 is 11.1 Å². The van der Waals surface area contributed by atoms with Crippen LogP contribution in [0.25, 0.3) is 0 Å². The van der Waals surface area contributed by atoms with Crippen molar-refractivity contribution in [2.45, 2.75) is 6.42 Å². The van der Waals surface area contributed by atoms with E-state index in [0.29, 0.717) is 5.69 Å². The molecule has 0 spiro atoms. The predicted octanol–water partition coefficient (Wildman–Crippen LogP) is 0.935. The summed E-state index contributed by atoms with van der Waals surface area (Å²) in [5.41, 5.74) is 6.72. The topological polar surface area (TPSA) is 58.3 Å². The molecule has 0 atom stereocenters. The molecule has 0 radical (unpaired) electrons. The Morgan fingerprint density at radius 3 is 2.93 bits per heavy atom. The number of nitrogen functional groups attached to an aromatic ring is 1. The van der Waals surface area contributed by atoms with Crippen LogP contribution in [0.4, 0.5) is 5.69 Å². The van der Waals surface area contributed by atoms with E-state index in [2.05, 4.69) is 17.2 Å². The van der Waals surface area contributed by atoms with Gasteiger partial charge in [-0.3, -0.25) is 0 Å².